The molecule has 0 aromatic carbocycles. The molecule has 0 aliphatic heterocycles. The Morgan fingerprint density at radius 3 is 3.00 bits per heavy atom. The van der Waals surface area contributed by atoms with Crippen LogP contribution in [0, 0.1) is 0 Å². The van der Waals surface area contributed by atoms with Crippen molar-refractivity contribution in [3.05, 3.63) is 30.9 Å². The topological polar surface area (TPSA) is 92.0 Å². The molecule has 0 bridgehead atoms. The summed E-state index contributed by atoms with van der Waals surface area (Å²) >= 11 is 0. The number of rotatable bonds is 4. The maximum atomic E-state index is 10.7. The van der Waals surface area contributed by atoms with E-state index in [4.69, 9.17) is 10.8 Å². The highest BCUT2D eigenvalue weighted by Gasteiger charge is 2.30. The first-order valence-corrected chi connectivity index (χ1v) is 3.71. The summed E-state index contributed by atoms with van der Waals surface area (Å²) in [7, 11) is 0. The van der Waals surface area contributed by atoms with E-state index >= 15 is 0 Å². The van der Waals surface area contributed by atoms with Crippen LogP contribution in [-0.2, 0) is 11.2 Å². The van der Waals surface area contributed by atoms with Crippen LogP contribution in [0.1, 0.15) is 5.69 Å². The van der Waals surface area contributed by atoms with Gasteiger partial charge in [0.2, 0.25) is 0 Å². The molecule has 13 heavy (non-hydrogen) atoms. The molecule has 1 aromatic heterocycles. The number of aliphatic carboxylic acids is 1. The largest absolute Gasteiger partial charge is 0.480 e. The van der Waals surface area contributed by atoms with Gasteiger partial charge in [-0.05, 0) is 0 Å². The fraction of sp³-hybridized carbons (Fsp3) is 0.250. The molecule has 5 heteroatoms. The van der Waals surface area contributed by atoms with Crippen LogP contribution in [0.25, 0.3) is 0 Å². The molecule has 0 radical (unpaired) electrons. The SMILES string of the molecule is C=C[C@](N)(Cc1cnc[nH]1)C(=O)O. The number of carboxylic acids is 1. The van der Waals surface area contributed by atoms with Gasteiger partial charge in [0.15, 0.2) is 0 Å². The first kappa shape index (κ1) is 9.47. The van der Waals surface area contributed by atoms with Crippen molar-refractivity contribution < 1.29 is 9.90 Å². The third kappa shape index (κ3) is 1.94. The molecular weight excluding hydrogens is 170 g/mol. The number of carboxylic acid groups (broad SMARTS) is 1. The number of nitrogens with one attached hydrogen (secondary N) is 1. The second-order valence-electron chi connectivity index (χ2n) is 2.80. The maximum absolute atomic E-state index is 10.7. The van der Waals surface area contributed by atoms with E-state index < -0.39 is 11.5 Å². The number of imidazole rings is 1. The summed E-state index contributed by atoms with van der Waals surface area (Å²) in [6.07, 6.45) is 4.39. The lowest BCUT2D eigenvalue weighted by molar-refractivity contribution is -0.141. The summed E-state index contributed by atoms with van der Waals surface area (Å²) in [5.74, 6) is -1.10. The van der Waals surface area contributed by atoms with Crippen LogP contribution >= 0.6 is 0 Å². The molecule has 0 fully saturated rings. The molecule has 0 saturated heterocycles. The minimum atomic E-state index is -1.42. The van der Waals surface area contributed by atoms with Gasteiger partial charge < -0.3 is 15.8 Å². The number of aromatic nitrogens is 2. The Bertz CT molecular complexity index is 307. The predicted octanol–water partition coefficient (Wildman–Crippen LogP) is -0.0797. The molecule has 4 N–H and O–H groups in total. The average molecular weight is 181 g/mol. The Morgan fingerprint density at radius 2 is 2.62 bits per heavy atom. The van der Waals surface area contributed by atoms with Crippen molar-refractivity contribution in [1.29, 1.82) is 0 Å². The van der Waals surface area contributed by atoms with Crippen molar-refractivity contribution in [2.45, 2.75) is 12.0 Å². The van der Waals surface area contributed by atoms with Crippen molar-refractivity contribution >= 4 is 5.97 Å². The predicted molar refractivity (Wildman–Crippen MR) is 47.0 cm³/mol. The summed E-state index contributed by atoms with van der Waals surface area (Å²) in [6, 6.07) is 0. The Hall–Kier alpha value is -1.62. The van der Waals surface area contributed by atoms with E-state index in [0.29, 0.717) is 5.69 Å². The zero-order valence-corrected chi connectivity index (χ0v) is 7.03. The first-order chi connectivity index (χ1) is 6.08. The van der Waals surface area contributed by atoms with E-state index in [1.807, 2.05) is 0 Å². The number of hydrogen-bond donors (Lipinski definition) is 3. The smallest absolute Gasteiger partial charge is 0.328 e. The van der Waals surface area contributed by atoms with Gasteiger partial charge in [0.25, 0.3) is 0 Å². The highest BCUT2D eigenvalue weighted by Crippen LogP contribution is 2.09. The Morgan fingerprint density at radius 1 is 1.92 bits per heavy atom. The number of H-pyrrole nitrogens is 1. The van der Waals surface area contributed by atoms with E-state index in [-0.39, 0.29) is 6.42 Å². The summed E-state index contributed by atoms with van der Waals surface area (Å²) < 4.78 is 0. The van der Waals surface area contributed by atoms with Gasteiger partial charge in [-0.3, -0.25) is 0 Å². The maximum Gasteiger partial charge on any atom is 0.328 e. The highest BCUT2D eigenvalue weighted by molar-refractivity contribution is 5.81. The van der Waals surface area contributed by atoms with Gasteiger partial charge in [0.05, 0.1) is 6.33 Å². The van der Waals surface area contributed by atoms with Gasteiger partial charge in [-0.25, -0.2) is 9.78 Å². The Balaban J connectivity index is 2.81. The van der Waals surface area contributed by atoms with Crippen LogP contribution in [0.4, 0.5) is 0 Å². The molecule has 0 unspecified atom stereocenters. The minimum Gasteiger partial charge on any atom is -0.480 e. The summed E-state index contributed by atoms with van der Waals surface area (Å²) in [4.78, 5) is 17.3. The van der Waals surface area contributed by atoms with Gasteiger partial charge in [0.1, 0.15) is 5.54 Å². The third-order valence-corrected chi connectivity index (χ3v) is 1.80. The summed E-state index contributed by atoms with van der Waals surface area (Å²) in [5.41, 5.74) is 4.81. The van der Waals surface area contributed by atoms with E-state index in [0.717, 1.165) is 0 Å². The first-order valence-electron chi connectivity index (χ1n) is 3.71. The lowest BCUT2D eigenvalue weighted by Crippen LogP contribution is -2.47. The van der Waals surface area contributed by atoms with Crippen LogP contribution in [0.3, 0.4) is 0 Å². The molecule has 5 nitrogen and oxygen atoms in total. The monoisotopic (exact) mass is 181 g/mol. The second-order valence-corrected chi connectivity index (χ2v) is 2.80. The molecule has 1 atom stereocenters. The molecule has 0 aliphatic carbocycles. The summed E-state index contributed by atoms with van der Waals surface area (Å²) in [6.45, 7) is 3.39. The fourth-order valence-electron chi connectivity index (χ4n) is 0.932. The van der Waals surface area contributed by atoms with Crippen molar-refractivity contribution in [2.24, 2.45) is 5.73 Å². The van der Waals surface area contributed by atoms with Crippen LogP contribution < -0.4 is 5.73 Å². The number of hydrogen-bond acceptors (Lipinski definition) is 3. The molecule has 1 aromatic rings. The number of nitrogens with zero attached hydrogens (tertiary/aromatic N) is 1. The minimum absolute atomic E-state index is 0.159. The lowest BCUT2D eigenvalue weighted by atomic mass is 9.95. The molecule has 1 heterocycles. The summed E-state index contributed by atoms with van der Waals surface area (Å²) in [5, 5.41) is 8.80. The molecular formula is C8H11N3O2. The zero-order valence-electron chi connectivity index (χ0n) is 7.03. The van der Waals surface area contributed by atoms with Crippen molar-refractivity contribution in [2.75, 3.05) is 0 Å². The van der Waals surface area contributed by atoms with Gasteiger partial charge in [-0.1, -0.05) is 6.08 Å². The van der Waals surface area contributed by atoms with Crippen molar-refractivity contribution in [1.82, 2.24) is 9.97 Å². The van der Waals surface area contributed by atoms with E-state index in [2.05, 4.69) is 16.5 Å². The molecule has 70 valence electrons. The molecule has 0 saturated carbocycles. The fourth-order valence-corrected chi connectivity index (χ4v) is 0.932. The van der Waals surface area contributed by atoms with Crippen LogP contribution in [0.15, 0.2) is 25.2 Å². The normalized spacial score (nSPS) is 14.8. The molecule has 1 rings (SSSR count). The number of carbonyl (C=O) groups is 1. The lowest BCUT2D eigenvalue weighted by Gasteiger charge is -2.18. The van der Waals surface area contributed by atoms with Gasteiger partial charge in [-0.2, -0.15) is 0 Å². The van der Waals surface area contributed by atoms with Gasteiger partial charge in [0, 0.05) is 18.3 Å². The molecule has 0 amide bonds. The van der Waals surface area contributed by atoms with E-state index in [9.17, 15) is 4.79 Å². The molecule has 0 spiro atoms. The van der Waals surface area contributed by atoms with Crippen molar-refractivity contribution in [3.63, 3.8) is 0 Å². The highest BCUT2D eigenvalue weighted by atomic mass is 16.4. The Kier molecular flexibility index (Phi) is 2.48. The van der Waals surface area contributed by atoms with Crippen LogP contribution in [-0.4, -0.2) is 26.6 Å². The average Bonchev–Trinajstić information content (AvgIpc) is 2.56. The van der Waals surface area contributed by atoms with Crippen LogP contribution in [0.2, 0.25) is 0 Å². The Labute approximate surface area is 75.3 Å². The second kappa shape index (κ2) is 3.40. The van der Waals surface area contributed by atoms with Crippen molar-refractivity contribution in [3.8, 4) is 0 Å². The van der Waals surface area contributed by atoms with Crippen LogP contribution in [0.5, 0.6) is 0 Å². The zero-order chi connectivity index (χ0) is 9.90. The van der Waals surface area contributed by atoms with Gasteiger partial charge in [-0.15, -0.1) is 6.58 Å². The molecule has 0 aliphatic rings. The van der Waals surface area contributed by atoms with Gasteiger partial charge >= 0.3 is 5.97 Å². The number of nitrogens with two attached hydrogens (primary N) is 1. The third-order valence-electron chi connectivity index (χ3n) is 1.80. The van der Waals surface area contributed by atoms with E-state index in [1.165, 1.54) is 18.6 Å². The standard InChI is InChI=1S/C8H11N3O2/c1-2-8(9,7(12)13)3-6-4-10-5-11-6/h2,4-5H,1,3,9H2,(H,10,11)(H,12,13)/t8-/m0/s1. The quantitative estimate of drug-likeness (QED) is 0.566. The van der Waals surface area contributed by atoms with E-state index in [1.54, 1.807) is 0 Å². The number of aromatic amines is 1.